The number of nitrogens with one attached hydrogen (secondary N) is 1. The summed E-state index contributed by atoms with van der Waals surface area (Å²) in [6.07, 6.45) is 17.3. The summed E-state index contributed by atoms with van der Waals surface area (Å²) >= 11 is 0. The zero-order chi connectivity index (χ0) is 20.4. The van der Waals surface area contributed by atoms with E-state index in [1.807, 2.05) is 0 Å². The van der Waals surface area contributed by atoms with Crippen LogP contribution < -0.4 is 5.32 Å². The fourth-order valence-electron chi connectivity index (χ4n) is 3.23. The monoisotopic (exact) mass is 383 g/mol. The van der Waals surface area contributed by atoms with E-state index in [1.165, 1.54) is 64.2 Å². The molecular weight excluding hydrogens is 338 g/mol. The highest BCUT2D eigenvalue weighted by Crippen LogP contribution is 2.16. The predicted octanol–water partition coefficient (Wildman–Crippen LogP) is 6.32. The van der Waals surface area contributed by atoms with Crippen molar-refractivity contribution < 1.29 is 14.3 Å². The van der Waals surface area contributed by atoms with Gasteiger partial charge >= 0.3 is 5.97 Å². The number of carbonyl (C=O) groups is 2. The van der Waals surface area contributed by atoms with Crippen molar-refractivity contribution in [3.8, 4) is 0 Å². The van der Waals surface area contributed by atoms with Gasteiger partial charge in [0.2, 0.25) is 5.72 Å². The Labute approximate surface area is 168 Å². The van der Waals surface area contributed by atoms with Gasteiger partial charge in [-0.3, -0.25) is 14.9 Å². The predicted molar refractivity (Wildman–Crippen MR) is 114 cm³/mol. The Kier molecular flexibility index (Phi) is 16.6. The lowest BCUT2D eigenvalue weighted by molar-refractivity contribution is -0.169. The summed E-state index contributed by atoms with van der Waals surface area (Å²) in [7, 11) is 1.68. The third kappa shape index (κ3) is 13.8. The van der Waals surface area contributed by atoms with E-state index in [4.69, 9.17) is 4.74 Å². The second kappa shape index (κ2) is 17.2. The van der Waals surface area contributed by atoms with E-state index in [1.54, 1.807) is 14.0 Å². The topological polar surface area (TPSA) is 55.4 Å². The van der Waals surface area contributed by atoms with Crippen LogP contribution in [0.3, 0.4) is 0 Å². The van der Waals surface area contributed by atoms with Crippen LogP contribution in [0.2, 0.25) is 0 Å². The Bertz CT molecular complexity index is 384. The van der Waals surface area contributed by atoms with Crippen LogP contribution in [0.15, 0.2) is 0 Å². The molecule has 0 spiro atoms. The molecule has 0 rings (SSSR count). The lowest BCUT2D eigenvalue weighted by Gasteiger charge is -2.27. The van der Waals surface area contributed by atoms with Crippen LogP contribution in [0.5, 0.6) is 0 Å². The third-order valence-electron chi connectivity index (χ3n) is 5.32. The van der Waals surface area contributed by atoms with E-state index in [2.05, 4.69) is 19.2 Å². The molecule has 4 nitrogen and oxygen atoms in total. The molecule has 0 aromatic carbocycles. The maximum Gasteiger partial charge on any atom is 0.307 e. The lowest BCUT2D eigenvalue weighted by atomic mass is 10.0. The Balaban J connectivity index is 3.90. The van der Waals surface area contributed by atoms with Gasteiger partial charge in [-0.2, -0.15) is 0 Å². The zero-order valence-corrected chi connectivity index (χ0v) is 18.5. The van der Waals surface area contributed by atoms with Gasteiger partial charge in [-0.25, -0.2) is 0 Å². The minimum atomic E-state index is -1.18. The summed E-state index contributed by atoms with van der Waals surface area (Å²) in [6.45, 7) is 6.09. The molecule has 0 aromatic rings. The minimum absolute atomic E-state index is 0.0260. The van der Waals surface area contributed by atoms with Gasteiger partial charge in [0.15, 0.2) is 5.78 Å². The van der Waals surface area contributed by atoms with Gasteiger partial charge in [-0.1, -0.05) is 90.9 Å². The van der Waals surface area contributed by atoms with Gasteiger partial charge in [0.1, 0.15) is 0 Å². The largest absolute Gasteiger partial charge is 0.437 e. The molecule has 27 heavy (non-hydrogen) atoms. The summed E-state index contributed by atoms with van der Waals surface area (Å²) in [4.78, 5) is 24.6. The normalized spacial score (nSPS) is 13.3. The molecule has 0 saturated carbocycles. The smallest absolute Gasteiger partial charge is 0.307 e. The molecule has 0 aromatic heterocycles. The van der Waals surface area contributed by atoms with Gasteiger partial charge < -0.3 is 4.74 Å². The second-order valence-corrected chi connectivity index (χ2v) is 7.92. The summed E-state index contributed by atoms with van der Waals surface area (Å²) < 4.78 is 5.50. The molecule has 0 bridgehead atoms. The maximum absolute atomic E-state index is 12.4. The van der Waals surface area contributed by atoms with E-state index in [9.17, 15) is 9.59 Å². The first kappa shape index (κ1) is 26.1. The summed E-state index contributed by atoms with van der Waals surface area (Å²) in [5, 5.41) is 2.90. The Morgan fingerprint density at radius 2 is 1.11 bits per heavy atom. The fraction of sp³-hybridized carbons (Fsp3) is 0.913. The van der Waals surface area contributed by atoms with E-state index >= 15 is 0 Å². The average molecular weight is 384 g/mol. The molecule has 0 aliphatic rings. The van der Waals surface area contributed by atoms with Crippen molar-refractivity contribution >= 4 is 11.8 Å². The average Bonchev–Trinajstić information content (AvgIpc) is 2.66. The van der Waals surface area contributed by atoms with E-state index in [-0.39, 0.29) is 11.8 Å². The highest BCUT2D eigenvalue weighted by atomic mass is 16.6. The number of hydrogen-bond acceptors (Lipinski definition) is 4. The molecular formula is C23H45NO3. The highest BCUT2D eigenvalue weighted by Gasteiger charge is 2.34. The standard InChI is InChI=1S/C23H45NO3/c1-5-7-9-11-12-13-14-16-18-20-22(26)27-23(3,24-4)21(25)19-17-15-10-8-6-2/h24H,5-20H2,1-4H3. The molecule has 0 saturated heterocycles. The number of unbranched alkanes of at least 4 members (excludes halogenated alkanes) is 12. The Hall–Kier alpha value is -0.900. The Morgan fingerprint density at radius 3 is 1.56 bits per heavy atom. The minimum Gasteiger partial charge on any atom is -0.437 e. The van der Waals surface area contributed by atoms with Crippen LogP contribution >= 0.6 is 0 Å². The molecule has 1 N–H and O–H groups in total. The van der Waals surface area contributed by atoms with Crippen molar-refractivity contribution in [3.05, 3.63) is 0 Å². The van der Waals surface area contributed by atoms with Crippen molar-refractivity contribution in [3.63, 3.8) is 0 Å². The molecule has 0 aliphatic heterocycles. The maximum atomic E-state index is 12.4. The van der Waals surface area contributed by atoms with E-state index < -0.39 is 5.72 Å². The van der Waals surface area contributed by atoms with Crippen molar-refractivity contribution in [2.75, 3.05) is 7.05 Å². The number of likely N-dealkylation sites (N-methyl/N-ethyl adjacent to an activating group) is 1. The molecule has 4 heteroatoms. The fourth-order valence-corrected chi connectivity index (χ4v) is 3.23. The number of hydrogen-bond donors (Lipinski definition) is 1. The first-order chi connectivity index (χ1) is 13.0. The van der Waals surface area contributed by atoms with Gasteiger partial charge in [-0.15, -0.1) is 0 Å². The molecule has 1 atom stereocenters. The number of rotatable bonds is 19. The quantitative estimate of drug-likeness (QED) is 0.161. The van der Waals surface area contributed by atoms with Crippen LogP contribution in [0.4, 0.5) is 0 Å². The third-order valence-corrected chi connectivity index (χ3v) is 5.32. The van der Waals surface area contributed by atoms with Gasteiger partial charge in [0.05, 0.1) is 0 Å². The Morgan fingerprint density at radius 1 is 0.704 bits per heavy atom. The van der Waals surface area contributed by atoms with Crippen molar-refractivity contribution in [2.45, 2.75) is 129 Å². The van der Waals surface area contributed by atoms with Crippen molar-refractivity contribution in [1.82, 2.24) is 5.32 Å². The van der Waals surface area contributed by atoms with Crippen LogP contribution in [0.1, 0.15) is 124 Å². The van der Waals surface area contributed by atoms with Crippen molar-refractivity contribution in [1.29, 1.82) is 0 Å². The van der Waals surface area contributed by atoms with Crippen molar-refractivity contribution in [2.24, 2.45) is 0 Å². The van der Waals surface area contributed by atoms with Gasteiger partial charge in [0, 0.05) is 12.8 Å². The first-order valence-electron chi connectivity index (χ1n) is 11.4. The SMILES string of the molecule is CCCCCCCCCCCC(=O)OC(C)(NC)C(=O)CCCCCCC. The second-order valence-electron chi connectivity index (χ2n) is 7.92. The molecule has 1 unspecified atom stereocenters. The summed E-state index contributed by atoms with van der Waals surface area (Å²) in [5.74, 6) is -0.295. The van der Waals surface area contributed by atoms with Crippen LogP contribution in [0, 0.1) is 0 Å². The number of ether oxygens (including phenoxy) is 1. The molecule has 0 fully saturated rings. The van der Waals surface area contributed by atoms with Crippen LogP contribution in [-0.4, -0.2) is 24.5 Å². The molecule has 0 aliphatic carbocycles. The molecule has 160 valence electrons. The molecule has 0 heterocycles. The molecule has 0 amide bonds. The van der Waals surface area contributed by atoms with E-state index in [0.717, 1.165) is 25.7 Å². The van der Waals surface area contributed by atoms with E-state index in [0.29, 0.717) is 12.8 Å². The van der Waals surface area contributed by atoms with Crippen LogP contribution in [-0.2, 0) is 14.3 Å². The summed E-state index contributed by atoms with van der Waals surface area (Å²) in [6, 6.07) is 0. The first-order valence-corrected chi connectivity index (χ1v) is 11.4. The number of carbonyl (C=O) groups excluding carboxylic acids is 2. The zero-order valence-electron chi connectivity index (χ0n) is 18.5. The van der Waals surface area contributed by atoms with Crippen LogP contribution in [0.25, 0.3) is 0 Å². The number of esters is 1. The van der Waals surface area contributed by atoms with Gasteiger partial charge in [0.25, 0.3) is 0 Å². The summed E-state index contributed by atoms with van der Waals surface area (Å²) in [5.41, 5.74) is -1.18. The van der Waals surface area contributed by atoms with Gasteiger partial charge in [-0.05, 0) is 26.8 Å². The molecule has 0 radical (unpaired) electrons. The number of ketones is 1. The highest BCUT2D eigenvalue weighted by molar-refractivity contribution is 5.88. The number of Topliss-reactive ketones (excluding diaryl/α,β-unsaturated/α-hetero) is 1. The lowest BCUT2D eigenvalue weighted by Crippen LogP contribution is -2.51.